The van der Waals surface area contributed by atoms with Crippen molar-refractivity contribution in [1.29, 1.82) is 0 Å². The zero-order valence-electron chi connectivity index (χ0n) is 16.8. The molecule has 3 N–H and O–H groups in total. The fraction of sp³-hybridized carbons (Fsp3) is 0.200. The molecule has 2 atom stereocenters. The number of rotatable bonds is 7. The molecule has 0 bridgehead atoms. The van der Waals surface area contributed by atoms with E-state index in [1.807, 2.05) is 66.7 Å². The van der Waals surface area contributed by atoms with Gasteiger partial charge in [0.1, 0.15) is 6.61 Å². The molecule has 0 spiro atoms. The van der Waals surface area contributed by atoms with Gasteiger partial charge >= 0.3 is 12.1 Å². The molecule has 1 aliphatic rings. The Bertz CT molecular complexity index is 1040. The van der Waals surface area contributed by atoms with Gasteiger partial charge in [0.2, 0.25) is 0 Å². The maximum Gasteiger partial charge on any atom is 0.407 e. The third-order valence-electron chi connectivity index (χ3n) is 5.58. The van der Waals surface area contributed by atoms with Crippen molar-refractivity contribution in [3.05, 3.63) is 95.6 Å². The van der Waals surface area contributed by atoms with Crippen molar-refractivity contribution in [3.63, 3.8) is 0 Å². The predicted octanol–water partition coefficient (Wildman–Crippen LogP) is 3.58. The molecule has 0 heterocycles. The van der Waals surface area contributed by atoms with E-state index in [9.17, 15) is 19.8 Å². The Morgan fingerprint density at radius 2 is 1.42 bits per heavy atom. The molecule has 31 heavy (non-hydrogen) atoms. The van der Waals surface area contributed by atoms with Gasteiger partial charge in [0.15, 0.2) is 6.10 Å². The molecule has 4 rings (SSSR count). The molecule has 2 unspecified atom stereocenters. The molecule has 6 nitrogen and oxygen atoms in total. The van der Waals surface area contributed by atoms with Gasteiger partial charge in [0.25, 0.3) is 0 Å². The molecule has 6 heteroatoms. The van der Waals surface area contributed by atoms with Crippen LogP contribution in [0.3, 0.4) is 0 Å². The molecule has 3 aromatic rings. The lowest BCUT2D eigenvalue weighted by Gasteiger charge is -2.22. The number of hydrogen-bond donors (Lipinski definition) is 3. The fourth-order valence-corrected chi connectivity index (χ4v) is 4.07. The standard InChI is InChI=1S/C25H23NO5/c27-23(24(28)29)22(14-16-8-2-1-3-9-16)26-25(30)31-15-21-19-12-6-4-10-17(19)18-11-5-7-13-20(18)21/h1-13,21-23,27H,14-15H2,(H,26,30)(H,28,29). The normalized spacial score (nSPS) is 14.2. The van der Waals surface area contributed by atoms with E-state index < -0.39 is 24.2 Å². The number of amides is 1. The minimum Gasteiger partial charge on any atom is -0.479 e. The summed E-state index contributed by atoms with van der Waals surface area (Å²) in [7, 11) is 0. The molecular weight excluding hydrogens is 394 g/mol. The van der Waals surface area contributed by atoms with Gasteiger partial charge in [-0.15, -0.1) is 0 Å². The lowest BCUT2D eigenvalue weighted by molar-refractivity contribution is -0.148. The Balaban J connectivity index is 1.46. The van der Waals surface area contributed by atoms with Gasteiger partial charge in [-0.1, -0.05) is 78.9 Å². The zero-order valence-corrected chi connectivity index (χ0v) is 16.8. The van der Waals surface area contributed by atoms with Gasteiger partial charge in [-0.25, -0.2) is 9.59 Å². The lowest BCUT2D eigenvalue weighted by Crippen LogP contribution is -2.48. The number of benzene rings is 3. The van der Waals surface area contributed by atoms with E-state index in [4.69, 9.17) is 4.74 Å². The van der Waals surface area contributed by atoms with Crippen LogP contribution in [0, 0.1) is 0 Å². The van der Waals surface area contributed by atoms with Crippen LogP contribution in [-0.2, 0) is 16.0 Å². The minimum absolute atomic E-state index is 0.102. The second kappa shape index (κ2) is 9.02. The second-order valence-electron chi connectivity index (χ2n) is 7.55. The van der Waals surface area contributed by atoms with Crippen LogP contribution in [0.5, 0.6) is 0 Å². The Hall–Kier alpha value is -3.64. The van der Waals surface area contributed by atoms with E-state index in [0.29, 0.717) is 0 Å². The summed E-state index contributed by atoms with van der Waals surface area (Å²) >= 11 is 0. The number of hydrogen-bond acceptors (Lipinski definition) is 4. The first-order chi connectivity index (χ1) is 15.0. The number of carbonyl (C=O) groups excluding carboxylic acids is 1. The molecule has 1 amide bonds. The van der Waals surface area contributed by atoms with Crippen molar-refractivity contribution in [2.24, 2.45) is 0 Å². The lowest BCUT2D eigenvalue weighted by atomic mass is 9.98. The van der Waals surface area contributed by atoms with Crippen LogP contribution >= 0.6 is 0 Å². The van der Waals surface area contributed by atoms with E-state index in [2.05, 4.69) is 5.32 Å². The van der Waals surface area contributed by atoms with Crippen LogP contribution in [0.4, 0.5) is 4.79 Å². The summed E-state index contributed by atoms with van der Waals surface area (Å²) in [6.07, 6.45) is -2.35. The summed E-state index contributed by atoms with van der Waals surface area (Å²) in [5, 5.41) is 21.8. The molecule has 0 radical (unpaired) electrons. The number of aliphatic hydroxyl groups is 1. The van der Waals surface area contributed by atoms with E-state index in [-0.39, 0.29) is 18.9 Å². The van der Waals surface area contributed by atoms with Crippen molar-refractivity contribution >= 4 is 12.1 Å². The van der Waals surface area contributed by atoms with Crippen LogP contribution in [0.2, 0.25) is 0 Å². The summed E-state index contributed by atoms with van der Waals surface area (Å²) in [5.41, 5.74) is 5.21. The number of aliphatic carboxylic acids is 1. The molecule has 3 aromatic carbocycles. The highest BCUT2D eigenvalue weighted by Crippen LogP contribution is 2.44. The quantitative estimate of drug-likeness (QED) is 0.546. The Labute approximate surface area is 180 Å². The average Bonchev–Trinajstić information content (AvgIpc) is 3.11. The average molecular weight is 417 g/mol. The number of nitrogens with one attached hydrogen (secondary N) is 1. The highest BCUT2D eigenvalue weighted by Gasteiger charge is 2.31. The van der Waals surface area contributed by atoms with Crippen molar-refractivity contribution in [2.75, 3.05) is 6.61 Å². The summed E-state index contributed by atoms with van der Waals surface area (Å²) in [6, 6.07) is 24.1. The molecule has 0 saturated carbocycles. The van der Waals surface area contributed by atoms with Gasteiger partial charge in [0.05, 0.1) is 6.04 Å². The van der Waals surface area contributed by atoms with E-state index in [1.165, 1.54) is 0 Å². The summed E-state index contributed by atoms with van der Waals surface area (Å²) < 4.78 is 5.48. The minimum atomic E-state index is -1.75. The first-order valence-corrected chi connectivity index (χ1v) is 10.1. The number of carboxylic acid groups (broad SMARTS) is 1. The number of fused-ring (bicyclic) bond motifs is 3. The van der Waals surface area contributed by atoms with E-state index >= 15 is 0 Å². The maximum atomic E-state index is 12.5. The van der Waals surface area contributed by atoms with Crippen LogP contribution in [-0.4, -0.2) is 41.0 Å². The van der Waals surface area contributed by atoms with E-state index in [0.717, 1.165) is 27.8 Å². The first-order valence-electron chi connectivity index (χ1n) is 10.1. The highest BCUT2D eigenvalue weighted by molar-refractivity contribution is 5.79. The number of ether oxygens (including phenoxy) is 1. The van der Waals surface area contributed by atoms with Crippen LogP contribution < -0.4 is 5.32 Å². The monoisotopic (exact) mass is 417 g/mol. The Morgan fingerprint density at radius 1 is 0.871 bits per heavy atom. The molecule has 0 aliphatic heterocycles. The second-order valence-corrected chi connectivity index (χ2v) is 7.55. The summed E-state index contributed by atoms with van der Waals surface area (Å²) in [6.45, 7) is 0.112. The first kappa shape index (κ1) is 20.6. The molecule has 158 valence electrons. The number of aliphatic hydroxyl groups excluding tert-OH is 1. The van der Waals surface area contributed by atoms with Gasteiger partial charge in [-0.3, -0.25) is 0 Å². The highest BCUT2D eigenvalue weighted by atomic mass is 16.5. The molecule has 0 aromatic heterocycles. The molecule has 1 aliphatic carbocycles. The van der Waals surface area contributed by atoms with Gasteiger partial charge < -0.3 is 20.3 Å². The van der Waals surface area contributed by atoms with Crippen molar-refractivity contribution < 1.29 is 24.5 Å². The van der Waals surface area contributed by atoms with E-state index in [1.54, 1.807) is 12.1 Å². The number of carbonyl (C=O) groups is 2. The SMILES string of the molecule is O=C(NC(Cc1ccccc1)C(O)C(=O)O)OCC1c2ccccc2-c2ccccc21. The van der Waals surface area contributed by atoms with Gasteiger partial charge in [0, 0.05) is 5.92 Å². The number of carboxylic acids is 1. The van der Waals surface area contributed by atoms with Crippen LogP contribution in [0.1, 0.15) is 22.6 Å². The van der Waals surface area contributed by atoms with Gasteiger partial charge in [-0.05, 0) is 34.2 Å². The third kappa shape index (κ3) is 4.44. The number of alkyl carbamates (subject to hydrolysis) is 1. The smallest absolute Gasteiger partial charge is 0.407 e. The maximum absolute atomic E-state index is 12.5. The van der Waals surface area contributed by atoms with Crippen molar-refractivity contribution in [1.82, 2.24) is 5.32 Å². The zero-order chi connectivity index (χ0) is 21.8. The van der Waals surface area contributed by atoms with Crippen molar-refractivity contribution in [2.45, 2.75) is 24.5 Å². The molecule has 0 saturated heterocycles. The largest absolute Gasteiger partial charge is 0.479 e. The Morgan fingerprint density at radius 3 is 2.00 bits per heavy atom. The predicted molar refractivity (Wildman–Crippen MR) is 116 cm³/mol. The molecule has 0 fully saturated rings. The summed E-state index contributed by atoms with van der Waals surface area (Å²) in [4.78, 5) is 23.8. The summed E-state index contributed by atoms with van der Waals surface area (Å²) in [5.74, 6) is -1.50. The molecular formula is C25H23NO5. The third-order valence-corrected chi connectivity index (χ3v) is 5.58. The topological polar surface area (TPSA) is 95.9 Å². The fourth-order valence-electron chi connectivity index (χ4n) is 4.07. The van der Waals surface area contributed by atoms with Crippen LogP contribution in [0.25, 0.3) is 11.1 Å². The van der Waals surface area contributed by atoms with Crippen molar-refractivity contribution in [3.8, 4) is 11.1 Å². The van der Waals surface area contributed by atoms with Crippen LogP contribution in [0.15, 0.2) is 78.9 Å². The van der Waals surface area contributed by atoms with Gasteiger partial charge in [-0.2, -0.15) is 0 Å². The Kier molecular flexibility index (Phi) is 6.00.